The van der Waals surface area contributed by atoms with Crippen molar-refractivity contribution in [2.75, 3.05) is 0 Å². The molecule has 0 aliphatic carbocycles. The van der Waals surface area contributed by atoms with Crippen LogP contribution in [0.1, 0.15) is 81.1 Å². The van der Waals surface area contributed by atoms with Gasteiger partial charge in [-0.3, -0.25) is 4.79 Å². The van der Waals surface area contributed by atoms with Crippen molar-refractivity contribution in [3.05, 3.63) is 78.3 Å². The van der Waals surface area contributed by atoms with Crippen LogP contribution in [0, 0.1) is 23.3 Å². The molecule has 0 atom stereocenters. The number of rotatable bonds is 10. The predicted molar refractivity (Wildman–Crippen MR) is 207 cm³/mol. The Kier molecular flexibility index (Phi) is 13.6. The number of aliphatic hydroxyl groups excluding tert-OH is 1. The summed E-state index contributed by atoms with van der Waals surface area (Å²) in [4.78, 5) is 20.9. The molecule has 0 aliphatic rings. The van der Waals surface area contributed by atoms with Gasteiger partial charge in [0, 0.05) is 38.0 Å². The van der Waals surface area contributed by atoms with E-state index in [0.29, 0.717) is 0 Å². The standard InChI is InChI=1S/C28H29GeN2S.C13H24O2.Ir/c1-28(2,3)16-18-11-12-22-24(13-18)32-27-25(30-17-31-26(22)27)20-14-19-9-7-8-10-21(19)23(15-20)29(4,5)6;1-5-10(6-2)12(14)9-13(15)11(7-3)8-4;/h7-13,15,17H,16H2,1-6H3;9-11,14H,5-8H2,1-4H3;/q-1;;/b;12-9-;/i17D;;. The van der Waals surface area contributed by atoms with Crippen molar-refractivity contribution in [3.63, 3.8) is 0 Å². The molecular formula is C41H53GeIrN2O2S-. The molecule has 2 aromatic heterocycles. The third-order valence-electron chi connectivity index (χ3n) is 8.92. The molecule has 48 heavy (non-hydrogen) atoms. The second-order valence-corrected chi connectivity index (χ2v) is 26.5. The van der Waals surface area contributed by atoms with Crippen LogP contribution in [0.15, 0.2) is 66.7 Å². The first-order chi connectivity index (χ1) is 22.6. The van der Waals surface area contributed by atoms with Gasteiger partial charge in [0.25, 0.3) is 0 Å². The number of hydrogen-bond donors (Lipinski definition) is 1. The summed E-state index contributed by atoms with van der Waals surface area (Å²) in [7, 11) is 0. The average Bonchev–Trinajstić information content (AvgIpc) is 3.37. The molecule has 0 saturated heterocycles. The summed E-state index contributed by atoms with van der Waals surface area (Å²) >= 11 is -0.429. The van der Waals surface area contributed by atoms with E-state index in [4.69, 9.17) is 1.37 Å². The van der Waals surface area contributed by atoms with E-state index >= 15 is 0 Å². The zero-order valence-corrected chi connectivity index (χ0v) is 35.7. The maximum absolute atomic E-state index is 11.7. The van der Waals surface area contributed by atoms with Gasteiger partial charge < -0.3 is 5.11 Å². The first kappa shape index (κ1) is 38.4. The van der Waals surface area contributed by atoms with Gasteiger partial charge >= 0.3 is 199 Å². The molecule has 0 spiro atoms. The molecule has 4 nitrogen and oxygen atoms in total. The Morgan fingerprint density at radius 3 is 2.21 bits per heavy atom. The first-order valence-corrected chi connectivity index (χ1v) is 25.4. The van der Waals surface area contributed by atoms with Crippen LogP contribution in [0.2, 0.25) is 17.3 Å². The number of benzene rings is 3. The molecule has 3 aromatic carbocycles. The van der Waals surface area contributed by atoms with Gasteiger partial charge in [-0.1, -0.05) is 27.7 Å². The van der Waals surface area contributed by atoms with Crippen LogP contribution in [0.3, 0.4) is 0 Å². The maximum Gasteiger partial charge on any atom is 0 e. The van der Waals surface area contributed by atoms with E-state index in [2.05, 4.69) is 103 Å². The summed E-state index contributed by atoms with van der Waals surface area (Å²) in [5.74, 6) is 7.82. The van der Waals surface area contributed by atoms with Crippen LogP contribution in [0.4, 0.5) is 0 Å². The van der Waals surface area contributed by atoms with E-state index in [1.54, 1.807) is 11.3 Å². The van der Waals surface area contributed by atoms with Gasteiger partial charge in [-0.25, -0.2) is 0 Å². The van der Waals surface area contributed by atoms with Crippen molar-refractivity contribution in [2.24, 2.45) is 17.3 Å². The molecule has 0 aliphatic heterocycles. The average molecular weight is 904 g/mol. The Morgan fingerprint density at radius 1 is 0.958 bits per heavy atom. The van der Waals surface area contributed by atoms with E-state index in [9.17, 15) is 9.90 Å². The van der Waals surface area contributed by atoms with Crippen LogP contribution in [-0.4, -0.2) is 34.1 Å². The molecule has 0 unspecified atom stereocenters. The largest absolute Gasteiger partial charge is 0 e. The van der Waals surface area contributed by atoms with Crippen LogP contribution in [0.25, 0.3) is 42.3 Å². The van der Waals surface area contributed by atoms with Crippen LogP contribution in [0.5, 0.6) is 0 Å². The Morgan fingerprint density at radius 2 is 1.60 bits per heavy atom. The Bertz CT molecular complexity index is 1930. The van der Waals surface area contributed by atoms with Crippen molar-refractivity contribution in [1.29, 1.82) is 0 Å². The molecule has 0 saturated carbocycles. The second kappa shape index (κ2) is 17.0. The van der Waals surface area contributed by atoms with Crippen molar-refractivity contribution < 1.29 is 31.4 Å². The van der Waals surface area contributed by atoms with Gasteiger partial charge in [0.1, 0.15) is 0 Å². The van der Waals surface area contributed by atoms with Crippen LogP contribution < -0.4 is 4.40 Å². The fraction of sp³-hybridized carbons (Fsp3) is 0.439. The molecular weight excluding hydrogens is 849 g/mol. The van der Waals surface area contributed by atoms with E-state index in [-0.39, 0.29) is 55.2 Å². The normalized spacial score (nSPS) is 12.8. The molecule has 5 aromatic rings. The number of fused-ring (bicyclic) bond motifs is 4. The number of thiophene rings is 1. The first-order valence-electron chi connectivity index (χ1n) is 17.7. The van der Waals surface area contributed by atoms with Crippen LogP contribution in [-0.2, 0) is 31.3 Å². The maximum atomic E-state index is 11.7. The van der Waals surface area contributed by atoms with Crippen LogP contribution >= 0.6 is 11.3 Å². The number of carbonyl (C=O) groups is 1. The van der Waals surface area contributed by atoms with Crippen molar-refractivity contribution in [3.8, 4) is 11.3 Å². The summed E-state index contributed by atoms with van der Waals surface area (Å²) in [5, 5.41) is 13.3. The molecule has 7 heteroatoms. The molecule has 1 N–H and O–H groups in total. The van der Waals surface area contributed by atoms with Gasteiger partial charge in [-0.15, -0.1) is 0 Å². The topological polar surface area (TPSA) is 63.1 Å². The van der Waals surface area contributed by atoms with Gasteiger partial charge in [0.05, 0.1) is 5.76 Å². The summed E-state index contributed by atoms with van der Waals surface area (Å²) in [6.07, 6.45) is 6.00. The van der Waals surface area contributed by atoms with Gasteiger partial charge in [0.15, 0.2) is 5.78 Å². The Hall–Kier alpha value is -2.38. The number of allylic oxidation sites excluding steroid dienone is 2. The number of aliphatic hydroxyl groups is 1. The number of hydrogen-bond acceptors (Lipinski definition) is 5. The molecule has 5 rings (SSSR count). The SMILES string of the molecule is CCC(CC)C(=O)/C=C(\O)C(CC)CC.[2H]c1nc(-c2[c-]c3ccccc3[c]([Ge]([CH3])([CH3])[CH3])c2)c2sc3cc(CC(C)(C)C)ccc3c2n1.[Ir]. The minimum Gasteiger partial charge on any atom is 0 e. The van der Waals surface area contributed by atoms with E-state index in [1.807, 2.05) is 27.7 Å². The van der Waals surface area contributed by atoms with Crippen molar-refractivity contribution in [2.45, 2.75) is 97.8 Å². The number of nitrogens with zero attached hydrogens (tertiary/aromatic N) is 2. The zero-order chi connectivity index (χ0) is 35.4. The predicted octanol–water partition coefficient (Wildman–Crippen LogP) is 11.5. The van der Waals surface area contributed by atoms with Crippen molar-refractivity contribution in [1.82, 2.24) is 9.97 Å². The third kappa shape index (κ3) is 9.65. The smallest absolute Gasteiger partial charge is 0 e. The monoisotopic (exact) mass is 905 g/mol. The van der Waals surface area contributed by atoms with Gasteiger partial charge in [-0.05, 0) is 25.7 Å². The van der Waals surface area contributed by atoms with Gasteiger partial charge in [0.2, 0.25) is 0 Å². The summed E-state index contributed by atoms with van der Waals surface area (Å²) in [6, 6.07) is 21.1. The molecule has 0 amide bonds. The third-order valence-corrected chi connectivity index (χ3v) is 14.3. The fourth-order valence-electron chi connectivity index (χ4n) is 6.24. The Labute approximate surface area is 310 Å². The minimum absolute atomic E-state index is 0. The quantitative estimate of drug-likeness (QED) is 0.0656. The molecule has 2 heterocycles. The van der Waals surface area contributed by atoms with E-state index in [1.165, 1.54) is 26.1 Å². The molecule has 0 fully saturated rings. The van der Waals surface area contributed by atoms with Gasteiger partial charge in [-0.2, -0.15) is 0 Å². The summed E-state index contributed by atoms with van der Waals surface area (Å²) in [6.45, 7) is 14.9. The molecule has 1 radical (unpaired) electrons. The van der Waals surface area contributed by atoms with E-state index in [0.717, 1.165) is 64.4 Å². The zero-order valence-electron chi connectivity index (χ0n) is 31.4. The molecule has 259 valence electrons. The Balaban J connectivity index is 0.000000347. The van der Waals surface area contributed by atoms with E-state index < -0.39 is 13.3 Å². The fourth-order valence-corrected chi connectivity index (χ4v) is 10.8. The number of ketones is 1. The number of aromatic nitrogens is 2. The number of carbonyl (C=O) groups excluding carboxylic acids is 1. The minimum atomic E-state index is -2.17. The van der Waals surface area contributed by atoms with Crippen molar-refractivity contribution >= 4 is 65.9 Å². The summed E-state index contributed by atoms with van der Waals surface area (Å²) in [5.41, 5.74) is 4.27. The summed E-state index contributed by atoms with van der Waals surface area (Å²) < 4.78 is 12.1. The second-order valence-electron chi connectivity index (χ2n) is 14.9. The molecule has 0 bridgehead atoms.